The Morgan fingerprint density at radius 3 is 2.62 bits per heavy atom. The van der Waals surface area contributed by atoms with Crippen LogP contribution >= 0.6 is 27.3 Å². The molecule has 2 N–H and O–H groups in total. The standard InChI is InChI=1S/C16H19BrN2OS/c1-11(15(18)13-6-4-3-5-7-13)16(20)19(2)9-12-8-14(17)21-10-12/h3-8,10-11,15H,9,18H2,1-2H3. The van der Waals surface area contributed by atoms with E-state index in [9.17, 15) is 4.79 Å². The monoisotopic (exact) mass is 366 g/mol. The fourth-order valence-electron chi connectivity index (χ4n) is 2.25. The van der Waals surface area contributed by atoms with Crippen LogP contribution in [-0.4, -0.2) is 17.9 Å². The Morgan fingerprint density at radius 2 is 2.05 bits per heavy atom. The minimum Gasteiger partial charge on any atom is -0.341 e. The molecule has 2 atom stereocenters. The van der Waals surface area contributed by atoms with Crippen LogP contribution < -0.4 is 5.73 Å². The second-order valence-electron chi connectivity index (χ2n) is 5.18. The summed E-state index contributed by atoms with van der Waals surface area (Å²) < 4.78 is 1.08. The van der Waals surface area contributed by atoms with Gasteiger partial charge in [-0.1, -0.05) is 37.3 Å². The third-order valence-corrected chi connectivity index (χ3v) is 5.08. The summed E-state index contributed by atoms with van der Waals surface area (Å²) in [5.41, 5.74) is 8.34. The maximum atomic E-state index is 12.5. The van der Waals surface area contributed by atoms with Crippen LogP contribution in [0.1, 0.15) is 24.1 Å². The smallest absolute Gasteiger partial charge is 0.227 e. The Balaban J connectivity index is 2.01. The second kappa shape index (κ2) is 7.20. The van der Waals surface area contributed by atoms with E-state index in [4.69, 9.17) is 5.73 Å². The van der Waals surface area contributed by atoms with E-state index in [1.165, 1.54) is 0 Å². The van der Waals surface area contributed by atoms with Gasteiger partial charge in [0.25, 0.3) is 0 Å². The van der Waals surface area contributed by atoms with Crippen LogP contribution in [0.25, 0.3) is 0 Å². The van der Waals surface area contributed by atoms with Crippen molar-refractivity contribution in [1.29, 1.82) is 0 Å². The molecule has 1 amide bonds. The average molecular weight is 367 g/mol. The highest BCUT2D eigenvalue weighted by Gasteiger charge is 2.25. The Kier molecular flexibility index (Phi) is 5.56. The molecule has 0 aliphatic carbocycles. The summed E-state index contributed by atoms with van der Waals surface area (Å²) in [6.45, 7) is 2.49. The molecular weight excluding hydrogens is 348 g/mol. The number of thiophene rings is 1. The van der Waals surface area contributed by atoms with Gasteiger partial charge in [0.15, 0.2) is 0 Å². The summed E-state index contributed by atoms with van der Waals surface area (Å²) >= 11 is 5.06. The van der Waals surface area contributed by atoms with E-state index < -0.39 is 0 Å². The number of nitrogens with two attached hydrogens (primary N) is 1. The van der Waals surface area contributed by atoms with Crippen molar-refractivity contribution in [2.24, 2.45) is 11.7 Å². The molecule has 1 heterocycles. The van der Waals surface area contributed by atoms with Crippen LogP contribution in [0, 0.1) is 5.92 Å². The van der Waals surface area contributed by atoms with Crippen LogP contribution in [0.15, 0.2) is 45.6 Å². The molecule has 1 aromatic heterocycles. The summed E-state index contributed by atoms with van der Waals surface area (Å²) in [4.78, 5) is 14.2. The highest BCUT2D eigenvalue weighted by Crippen LogP contribution is 2.24. The van der Waals surface area contributed by atoms with Crippen LogP contribution in [0.4, 0.5) is 0 Å². The van der Waals surface area contributed by atoms with Gasteiger partial charge in [-0.25, -0.2) is 0 Å². The average Bonchev–Trinajstić information content (AvgIpc) is 2.90. The van der Waals surface area contributed by atoms with E-state index in [-0.39, 0.29) is 17.9 Å². The van der Waals surface area contributed by atoms with Crippen molar-refractivity contribution in [2.45, 2.75) is 19.5 Å². The lowest BCUT2D eigenvalue weighted by Crippen LogP contribution is -2.36. The lowest BCUT2D eigenvalue weighted by Gasteiger charge is -2.25. The first-order valence-corrected chi connectivity index (χ1v) is 8.44. The quantitative estimate of drug-likeness (QED) is 0.874. The zero-order valence-corrected chi connectivity index (χ0v) is 14.5. The van der Waals surface area contributed by atoms with Crippen LogP contribution in [-0.2, 0) is 11.3 Å². The predicted octanol–water partition coefficient (Wildman–Crippen LogP) is 3.81. The fraction of sp³-hybridized carbons (Fsp3) is 0.312. The molecule has 0 radical (unpaired) electrons. The van der Waals surface area contributed by atoms with Crippen molar-refractivity contribution in [3.63, 3.8) is 0 Å². The molecule has 0 fully saturated rings. The van der Waals surface area contributed by atoms with Gasteiger partial charge >= 0.3 is 0 Å². The zero-order valence-electron chi connectivity index (χ0n) is 12.1. The first-order chi connectivity index (χ1) is 9.99. The van der Waals surface area contributed by atoms with Gasteiger partial charge < -0.3 is 10.6 Å². The van der Waals surface area contributed by atoms with Gasteiger partial charge in [-0.15, -0.1) is 11.3 Å². The normalized spacial score (nSPS) is 13.7. The van der Waals surface area contributed by atoms with E-state index in [1.54, 1.807) is 16.2 Å². The van der Waals surface area contributed by atoms with Gasteiger partial charge in [0.2, 0.25) is 5.91 Å². The number of nitrogens with zero attached hydrogens (tertiary/aromatic N) is 1. The van der Waals surface area contributed by atoms with E-state index >= 15 is 0 Å². The summed E-state index contributed by atoms with van der Waals surface area (Å²) in [5.74, 6) is -0.187. The van der Waals surface area contributed by atoms with Gasteiger partial charge in [-0.05, 0) is 38.5 Å². The van der Waals surface area contributed by atoms with Crippen molar-refractivity contribution in [2.75, 3.05) is 7.05 Å². The number of carbonyl (C=O) groups excluding carboxylic acids is 1. The summed E-state index contributed by atoms with van der Waals surface area (Å²) in [6, 6.07) is 11.5. The van der Waals surface area contributed by atoms with E-state index in [0.29, 0.717) is 6.54 Å². The van der Waals surface area contributed by atoms with Crippen molar-refractivity contribution in [3.8, 4) is 0 Å². The summed E-state index contributed by atoms with van der Waals surface area (Å²) in [6.07, 6.45) is 0. The van der Waals surface area contributed by atoms with Gasteiger partial charge in [0.1, 0.15) is 0 Å². The number of rotatable bonds is 5. The molecule has 0 bridgehead atoms. The van der Waals surface area contributed by atoms with Crippen molar-refractivity contribution < 1.29 is 4.79 Å². The maximum absolute atomic E-state index is 12.5. The van der Waals surface area contributed by atoms with Gasteiger partial charge in [0, 0.05) is 19.6 Å². The highest BCUT2D eigenvalue weighted by molar-refractivity contribution is 9.11. The Labute approximate surface area is 137 Å². The molecule has 5 heteroatoms. The van der Waals surface area contributed by atoms with Gasteiger partial charge in [-0.3, -0.25) is 4.79 Å². The first-order valence-electron chi connectivity index (χ1n) is 6.77. The molecule has 0 saturated heterocycles. The second-order valence-corrected chi connectivity index (χ2v) is 7.47. The van der Waals surface area contributed by atoms with Crippen LogP contribution in [0.3, 0.4) is 0 Å². The summed E-state index contributed by atoms with van der Waals surface area (Å²) in [7, 11) is 1.82. The Hall–Kier alpha value is -1.17. The third kappa shape index (κ3) is 4.15. The molecule has 0 aliphatic rings. The van der Waals surface area contributed by atoms with Crippen LogP contribution in [0.5, 0.6) is 0 Å². The Morgan fingerprint density at radius 1 is 1.38 bits per heavy atom. The lowest BCUT2D eigenvalue weighted by atomic mass is 9.94. The minimum absolute atomic E-state index is 0.0636. The molecule has 1 aromatic carbocycles. The number of carbonyl (C=O) groups is 1. The van der Waals surface area contributed by atoms with E-state index in [2.05, 4.69) is 21.3 Å². The largest absolute Gasteiger partial charge is 0.341 e. The van der Waals surface area contributed by atoms with E-state index in [0.717, 1.165) is 14.9 Å². The maximum Gasteiger partial charge on any atom is 0.227 e. The molecule has 3 nitrogen and oxygen atoms in total. The molecule has 2 unspecified atom stereocenters. The summed E-state index contributed by atoms with van der Waals surface area (Å²) in [5, 5.41) is 2.05. The minimum atomic E-state index is -0.282. The van der Waals surface area contributed by atoms with Crippen LogP contribution in [0.2, 0.25) is 0 Å². The lowest BCUT2D eigenvalue weighted by molar-refractivity contribution is -0.134. The predicted molar refractivity (Wildman–Crippen MR) is 91.0 cm³/mol. The van der Waals surface area contributed by atoms with Crippen molar-refractivity contribution >= 4 is 33.2 Å². The zero-order chi connectivity index (χ0) is 15.4. The molecule has 21 heavy (non-hydrogen) atoms. The molecule has 2 rings (SSSR count). The van der Waals surface area contributed by atoms with E-state index in [1.807, 2.05) is 50.4 Å². The number of amides is 1. The molecule has 0 aliphatic heterocycles. The molecule has 0 spiro atoms. The third-order valence-electron chi connectivity index (χ3n) is 3.53. The number of benzene rings is 1. The molecule has 2 aromatic rings. The SMILES string of the molecule is CC(C(=O)N(C)Cc1csc(Br)c1)C(N)c1ccccc1. The number of hydrogen-bond donors (Lipinski definition) is 1. The van der Waals surface area contributed by atoms with Gasteiger partial charge in [-0.2, -0.15) is 0 Å². The first kappa shape index (κ1) is 16.2. The molecular formula is C16H19BrN2OS. The fourth-order valence-corrected chi connectivity index (χ4v) is 3.45. The topological polar surface area (TPSA) is 46.3 Å². The molecule has 0 saturated carbocycles. The highest BCUT2D eigenvalue weighted by atomic mass is 79.9. The van der Waals surface area contributed by atoms with Crippen molar-refractivity contribution in [1.82, 2.24) is 4.90 Å². The Bertz CT molecular complexity index is 599. The van der Waals surface area contributed by atoms with Gasteiger partial charge in [0.05, 0.1) is 9.70 Å². The number of hydrogen-bond acceptors (Lipinski definition) is 3. The van der Waals surface area contributed by atoms with Crippen molar-refractivity contribution in [3.05, 3.63) is 56.7 Å². The number of halogens is 1. The molecule has 112 valence electrons.